The minimum absolute atomic E-state index is 0.00364. The molecule has 8 nitrogen and oxygen atoms in total. The van der Waals surface area contributed by atoms with Crippen LogP contribution >= 0.6 is 11.3 Å². The minimum Gasteiger partial charge on any atom is -0.345 e. The monoisotopic (exact) mass is 498 g/mol. The van der Waals surface area contributed by atoms with Gasteiger partial charge in [0.25, 0.3) is 11.8 Å². The Labute approximate surface area is 209 Å². The molecule has 5 aromatic rings. The second-order valence-corrected chi connectivity index (χ2v) is 8.64. The highest BCUT2D eigenvalue weighted by Gasteiger charge is 2.19. The van der Waals surface area contributed by atoms with Crippen molar-refractivity contribution < 1.29 is 14.0 Å². The fraction of sp³-hybridized carbons (Fsp3) is 0.0385. The van der Waals surface area contributed by atoms with Gasteiger partial charge in [0.1, 0.15) is 5.82 Å². The van der Waals surface area contributed by atoms with E-state index in [2.05, 4.69) is 25.7 Å². The summed E-state index contributed by atoms with van der Waals surface area (Å²) in [7, 11) is 0. The van der Waals surface area contributed by atoms with Crippen LogP contribution in [0.4, 0.5) is 10.1 Å². The zero-order chi connectivity index (χ0) is 24.9. The summed E-state index contributed by atoms with van der Waals surface area (Å²) in [4.78, 5) is 34.4. The Morgan fingerprint density at radius 2 is 1.67 bits per heavy atom. The number of anilines is 1. The normalized spacial score (nSPS) is 10.7. The molecule has 0 atom stereocenters. The average Bonchev–Trinajstić information content (AvgIpc) is 3.59. The lowest BCUT2D eigenvalue weighted by molar-refractivity contribution is 0.0939. The predicted molar refractivity (Wildman–Crippen MR) is 134 cm³/mol. The Bertz CT molecular complexity index is 1480. The van der Waals surface area contributed by atoms with Gasteiger partial charge in [-0.2, -0.15) is 0 Å². The molecule has 0 saturated carbocycles. The molecule has 3 heterocycles. The summed E-state index contributed by atoms with van der Waals surface area (Å²) >= 11 is 1.46. The molecule has 0 fully saturated rings. The third kappa shape index (κ3) is 5.18. The van der Waals surface area contributed by atoms with Gasteiger partial charge in [-0.1, -0.05) is 18.2 Å². The molecule has 0 aliphatic heterocycles. The van der Waals surface area contributed by atoms with E-state index in [9.17, 15) is 14.0 Å². The van der Waals surface area contributed by atoms with E-state index in [1.165, 1.54) is 28.2 Å². The molecule has 2 aromatic carbocycles. The number of aromatic nitrogens is 4. The molecule has 0 spiro atoms. The highest BCUT2D eigenvalue weighted by Crippen LogP contribution is 2.25. The van der Waals surface area contributed by atoms with E-state index in [4.69, 9.17) is 0 Å². The van der Waals surface area contributed by atoms with Gasteiger partial charge in [-0.3, -0.25) is 14.6 Å². The van der Waals surface area contributed by atoms with Crippen LogP contribution in [-0.4, -0.2) is 31.6 Å². The van der Waals surface area contributed by atoms with Gasteiger partial charge >= 0.3 is 0 Å². The van der Waals surface area contributed by atoms with Crippen molar-refractivity contribution in [3.8, 4) is 16.4 Å². The van der Waals surface area contributed by atoms with Gasteiger partial charge in [0.15, 0.2) is 5.82 Å². The Morgan fingerprint density at radius 3 is 2.36 bits per heavy atom. The van der Waals surface area contributed by atoms with Crippen LogP contribution in [0.15, 0.2) is 90.6 Å². The smallest absolute Gasteiger partial charge is 0.291 e. The summed E-state index contributed by atoms with van der Waals surface area (Å²) < 4.78 is 14.9. The van der Waals surface area contributed by atoms with E-state index >= 15 is 0 Å². The summed E-state index contributed by atoms with van der Waals surface area (Å²) in [6, 6.07) is 19.9. The second-order valence-electron chi connectivity index (χ2n) is 7.69. The van der Waals surface area contributed by atoms with E-state index < -0.39 is 5.91 Å². The molecule has 0 saturated heterocycles. The maximum Gasteiger partial charge on any atom is 0.291 e. The van der Waals surface area contributed by atoms with Gasteiger partial charge in [0, 0.05) is 30.2 Å². The summed E-state index contributed by atoms with van der Waals surface area (Å²) in [6.07, 6.45) is 3.20. The summed E-state index contributed by atoms with van der Waals surface area (Å²) in [6.45, 7) is 0.227. The molecule has 0 unspecified atom stereocenters. The van der Waals surface area contributed by atoms with Crippen LogP contribution in [0.1, 0.15) is 26.5 Å². The molecule has 3 aromatic heterocycles. The number of nitrogens with zero attached hydrogens (tertiary/aromatic N) is 4. The predicted octanol–water partition coefficient (Wildman–Crippen LogP) is 4.71. The Hall–Kier alpha value is -4.70. The standard InChI is InChI=1S/C26H19FN6O2S/c27-19-7-9-21(10-8-19)33-24(22-2-1-15-36-22)31-23(32-33)26(35)29-16-17-3-5-18(6-4-17)25(34)30-20-11-13-28-14-12-20/h1-15H,16H2,(H,29,35)(H,28,30,34). The van der Waals surface area contributed by atoms with Crippen molar-refractivity contribution in [2.45, 2.75) is 6.54 Å². The van der Waals surface area contributed by atoms with Crippen LogP contribution in [-0.2, 0) is 6.54 Å². The molecule has 2 amide bonds. The first-order valence-electron chi connectivity index (χ1n) is 10.9. The summed E-state index contributed by atoms with van der Waals surface area (Å²) in [5, 5.41) is 11.9. The quantitative estimate of drug-likeness (QED) is 0.338. The lowest BCUT2D eigenvalue weighted by Crippen LogP contribution is -2.24. The number of benzene rings is 2. The van der Waals surface area contributed by atoms with Crippen molar-refractivity contribution in [1.29, 1.82) is 0 Å². The number of hydrogen-bond acceptors (Lipinski definition) is 6. The first-order chi connectivity index (χ1) is 17.6. The largest absolute Gasteiger partial charge is 0.345 e. The zero-order valence-corrected chi connectivity index (χ0v) is 19.6. The average molecular weight is 499 g/mol. The molecule has 0 aliphatic rings. The van der Waals surface area contributed by atoms with Crippen molar-refractivity contribution >= 4 is 28.8 Å². The molecule has 2 N–H and O–H groups in total. The second kappa shape index (κ2) is 10.3. The molecular formula is C26H19FN6O2S. The fourth-order valence-corrected chi connectivity index (χ4v) is 4.11. The molecule has 5 rings (SSSR count). The molecule has 178 valence electrons. The molecular weight excluding hydrogens is 479 g/mol. The number of hydrogen-bond donors (Lipinski definition) is 2. The zero-order valence-electron chi connectivity index (χ0n) is 18.8. The minimum atomic E-state index is -0.451. The molecule has 0 radical (unpaired) electrons. The van der Waals surface area contributed by atoms with Crippen molar-refractivity contribution in [2.75, 3.05) is 5.32 Å². The van der Waals surface area contributed by atoms with Crippen molar-refractivity contribution in [2.24, 2.45) is 0 Å². The van der Waals surface area contributed by atoms with Crippen LogP contribution < -0.4 is 10.6 Å². The molecule has 36 heavy (non-hydrogen) atoms. The number of pyridine rings is 1. The fourth-order valence-electron chi connectivity index (χ4n) is 3.41. The summed E-state index contributed by atoms with van der Waals surface area (Å²) in [5.41, 5.74) is 2.54. The van der Waals surface area contributed by atoms with Crippen LogP contribution in [0.25, 0.3) is 16.4 Å². The van der Waals surface area contributed by atoms with Crippen LogP contribution in [0.5, 0.6) is 0 Å². The van der Waals surface area contributed by atoms with Crippen molar-refractivity contribution in [3.63, 3.8) is 0 Å². The van der Waals surface area contributed by atoms with Crippen LogP contribution in [0, 0.1) is 5.82 Å². The highest BCUT2D eigenvalue weighted by molar-refractivity contribution is 7.13. The van der Waals surface area contributed by atoms with Crippen LogP contribution in [0.3, 0.4) is 0 Å². The van der Waals surface area contributed by atoms with Gasteiger partial charge < -0.3 is 10.6 Å². The van der Waals surface area contributed by atoms with E-state index in [-0.39, 0.29) is 24.1 Å². The topological polar surface area (TPSA) is 102 Å². The first-order valence-corrected chi connectivity index (χ1v) is 11.8. The number of thiophene rings is 1. The van der Waals surface area contributed by atoms with Gasteiger partial charge in [0.05, 0.1) is 10.6 Å². The lowest BCUT2D eigenvalue weighted by Gasteiger charge is -2.07. The summed E-state index contributed by atoms with van der Waals surface area (Å²) in [5.74, 6) is -0.570. The van der Waals surface area contributed by atoms with E-state index in [0.717, 1.165) is 10.4 Å². The number of nitrogens with one attached hydrogen (secondary N) is 2. The number of halogens is 1. The maximum atomic E-state index is 13.4. The Kier molecular flexibility index (Phi) is 6.59. The maximum absolute atomic E-state index is 13.4. The van der Waals surface area contributed by atoms with Gasteiger partial charge in [0.2, 0.25) is 5.82 Å². The van der Waals surface area contributed by atoms with Crippen molar-refractivity contribution in [3.05, 3.63) is 113 Å². The number of carbonyl (C=O) groups is 2. The third-order valence-corrected chi connectivity index (χ3v) is 6.10. The number of carbonyl (C=O) groups excluding carboxylic acids is 2. The van der Waals surface area contributed by atoms with Gasteiger partial charge in [-0.05, 0) is 65.5 Å². The molecule has 0 aliphatic carbocycles. The number of rotatable bonds is 7. The highest BCUT2D eigenvalue weighted by atomic mass is 32.1. The SMILES string of the molecule is O=C(Nc1ccncc1)c1ccc(CNC(=O)c2nc(-c3cccs3)n(-c3ccc(F)cc3)n2)cc1. The Morgan fingerprint density at radius 1 is 0.917 bits per heavy atom. The van der Waals surface area contributed by atoms with E-state index in [1.807, 2.05) is 17.5 Å². The molecule has 0 bridgehead atoms. The van der Waals surface area contributed by atoms with Gasteiger partial charge in [-0.25, -0.2) is 14.1 Å². The first kappa shape index (κ1) is 23.1. The number of amides is 2. The lowest BCUT2D eigenvalue weighted by atomic mass is 10.1. The van der Waals surface area contributed by atoms with Crippen LogP contribution in [0.2, 0.25) is 0 Å². The molecule has 10 heteroatoms. The van der Waals surface area contributed by atoms with E-state index in [1.54, 1.807) is 60.9 Å². The Balaban J connectivity index is 1.28. The van der Waals surface area contributed by atoms with Gasteiger partial charge in [-0.15, -0.1) is 16.4 Å². The van der Waals surface area contributed by atoms with Crippen molar-refractivity contribution in [1.82, 2.24) is 25.1 Å². The van der Waals surface area contributed by atoms with E-state index in [0.29, 0.717) is 22.8 Å². The third-order valence-electron chi connectivity index (χ3n) is 5.23.